The molecule has 1 unspecified atom stereocenters. The summed E-state index contributed by atoms with van der Waals surface area (Å²) in [5, 5.41) is 39.1. The first kappa shape index (κ1) is 9.88. The maximum atomic E-state index is 9.38. The summed E-state index contributed by atoms with van der Waals surface area (Å²) in [6.45, 7) is -0.131. The second kappa shape index (κ2) is 4.15. The molecule has 0 amide bonds. The van der Waals surface area contributed by atoms with E-state index in [4.69, 9.17) is 10.2 Å². The highest BCUT2D eigenvalue weighted by molar-refractivity contribution is 4.91. The van der Waals surface area contributed by atoms with Crippen LogP contribution in [-0.2, 0) is 0 Å². The average molecular weight is 177 g/mol. The molecule has 1 rings (SSSR count). The summed E-state index contributed by atoms with van der Waals surface area (Å²) in [5.41, 5.74) is 0. The Morgan fingerprint density at radius 1 is 1.17 bits per heavy atom. The van der Waals surface area contributed by atoms with Crippen molar-refractivity contribution in [3.8, 4) is 0 Å². The molecule has 4 atom stereocenters. The molecule has 0 aliphatic carbocycles. The summed E-state index contributed by atoms with van der Waals surface area (Å²) in [6, 6.07) is -0.326. The fourth-order valence-electron chi connectivity index (χ4n) is 1.50. The van der Waals surface area contributed by atoms with Crippen LogP contribution < -0.4 is 5.32 Å². The first-order valence-electron chi connectivity index (χ1n) is 4.02. The van der Waals surface area contributed by atoms with Crippen LogP contribution in [-0.4, -0.2) is 58.4 Å². The van der Waals surface area contributed by atoms with Gasteiger partial charge in [-0.05, 0) is 0 Å². The summed E-state index contributed by atoms with van der Waals surface area (Å²) in [6.07, 6.45) is -1.81. The molecule has 1 aliphatic rings. The third kappa shape index (κ3) is 1.75. The molecule has 1 aliphatic heterocycles. The van der Waals surface area contributed by atoms with E-state index < -0.39 is 18.1 Å². The van der Waals surface area contributed by atoms with Crippen molar-refractivity contribution in [2.24, 2.45) is 5.92 Å². The van der Waals surface area contributed by atoms with E-state index >= 15 is 0 Å². The molecule has 5 nitrogen and oxygen atoms in total. The lowest BCUT2D eigenvalue weighted by molar-refractivity contribution is -0.0736. The SMILES string of the molecule is OCC1[C@H](CO)NC[C@H](O)[C@H]1O. The molecule has 0 spiro atoms. The third-order valence-corrected chi connectivity index (χ3v) is 2.35. The number of nitrogens with one attached hydrogen (secondary N) is 1. The minimum absolute atomic E-state index is 0.144. The molecule has 1 saturated heterocycles. The van der Waals surface area contributed by atoms with Crippen molar-refractivity contribution >= 4 is 0 Å². The first-order chi connectivity index (χ1) is 5.70. The Morgan fingerprint density at radius 3 is 2.33 bits per heavy atom. The van der Waals surface area contributed by atoms with Gasteiger partial charge in [0, 0.05) is 18.5 Å². The number of β-amino-alcohol motifs (C(OH)–C–C–N with tert-alkyl or cyclic N) is 1. The van der Waals surface area contributed by atoms with Gasteiger partial charge in [-0.3, -0.25) is 0 Å². The van der Waals surface area contributed by atoms with Crippen LogP contribution in [0, 0.1) is 5.92 Å². The molecular formula is C7H15NO4. The molecule has 1 fully saturated rings. The zero-order valence-electron chi connectivity index (χ0n) is 6.72. The Kier molecular flexibility index (Phi) is 3.42. The van der Waals surface area contributed by atoms with Crippen LogP contribution >= 0.6 is 0 Å². The Balaban J connectivity index is 2.58. The summed E-state index contributed by atoms with van der Waals surface area (Å²) in [7, 11) is 0. The second-order valence-electron chi connectivity index (χ2n) is 3.10. The molecule has 72 valence electrons. The standard InChI is InChI=1S/C7H15NO4/c9-2-4-5(3-10)8-1-6(11)7(4)12/h4-12H,1-3H2/t4?,5-,6-,7-/m0/s1. The fourth-order valence-corrected chi connectivity index (χ4v) is 1.50. The highest BCUT2D eigenvalue weighted by atomic mass is 16.3. The number of hydrogen-bond donors (Lipinski definition) is 5. The molecule has 0 bridgehead atoms. The van der Waals surface area contributed by atoms with E-state index in [0.29, 0.717) is 0 Å². The van der Waals surface area contributed by atoms with Gasteiger partial charge in [0.2, 0.25) is 0 Å². The molecule has 0 aromatic heterocycles. The van der Waals surface area contributed by atoms with E-state index in [-0.39, 0.29) is 25.8 Å². The lowest BCUT2D eigenvalue weighted by Gasteiger charge is -2.37. The van der Waals surface area contributed by atoms with Crippen LogP contribution in [0.1, 0.15) is 0 Å². The molecule has 0 aromatic carbocycles. The fraction of sp³-hybridized carbons (Fsp3) is 1.00. The van der Waals surface area contributed by atoms with Gasteiger partial charge in [0.25, 0.3) is 0 Å². The van der Waals surface area contributed by atoms with E-state index in [1.807, 2.05) is 0 Å². The van der Waals surface area contributed by atoms with Crippen molar-refractivity contribution in [1.82, 2.24) is 5.32 Å². The highest BCUT2D eigenvalue weighted by Gasteiger charge is 2.36. The van der Waals surface area contributed by atoms with Gasteiger partial charge in [-0.15, -0.1) is 0 Å². The summed E-state index contributed by atoms with van der Waals surface area (Å²) >= 11 is 0. The quantitative estimate of drug-likeness (QED) is 0.316. The van der Waals surface area contributed by atoms with E-state index in [1.54, 1.807) is 0 Å². The Labute approximate surface area is 70.6 Å². The van der Waals surface area contributed by atoms with E-state index in [1.165, 1.54) is 0 Å². The van der Waals surface area contributed by atoms with Crippen molar-refractivity contribution in [2.45, 2.75) is 18.2 Å². The lowest BCUT2D eigenvalue weighted by atomic mass is 9.87. The number of hydrogen-bond acceptors (Lipinski definition) is 5. The molecule has 0 radical (unpaired) electrons. The highest BCUT2D eigenvalue weighted by Crippen LogP contribution is 2.16. The topological polar surface area (TPSA) is 93.0 Å². The van der Waals surface area contributed by atoms with E-state index in [9.17, 15) is 10.2 Å². The predicted octanol–water partition coefficient (Wildman–Crippen LogP) is -2.72. The van der Waals surface area contributed by atoms with Crippen LogP contribution in [0.2, 0.25) is 0 Å². The molecule has 5 heteroatoms. The van der Waals surface area contributed by atoms with Gasteiger partial charge in [0.15, 0.2) is 0 Å². The summed E-state index contributed by atoms with van der Waals surface area (Å²) < 4.78 is 0. The van der Waals surface area contributed by atoms with Crippen LogP contribution in [0.5, 0.6) is 0 Å². The zero-order valence-corrected chi connectivity index (χ0v) is 6.72. The average Bonchev–Trinajstić information content (AvgIpc) is 2.09. The maximum Gasteiger partial charge on any atom is 0.0927 e. The second-order valence-corrected chi connectivity index (χ2v) is 3.10. The van der Waals surface area contributed by atoms with Gasteiger partial charge >= 0.3 is 0 Å². The largest absolute Gasteiger partial charge is 0.396 e. The van der Waals surface area contributed by atoms with Gasteiger partial charge in [-0.1, -0.05) is 0 Å². The number of aliphatic hydroxyl groups is 4. The number of aliphatic hydroxyl groups excluding tert-OH is 4. The molecule has 1 heterocycles. The molecule has 12 heavy (non-hydrogen) atoms. The summed E-state index contributed by atoms with van der Waals surface area (Å²) in [4.78, 5) is 0. The van der Waals surface area contributed by atoms with Crippen molar-refractivity contribution in [2.75, 3.05) is 19.8 Å². The minimum atomic E-state index is -0.951. The van der Waals surface area contributed by atoms with Crippen molar-refractivity contribution in [1.29, 1.82) is 0 Å². The van der Waals surface area contributed by atoms with Crippen molar-refractivity contribution in [3.63, 3.8) is 0 Å². The van der Waals surface area contributed by atoms with Crippen LogP contribution in [0.3, 0.4) is 0 Å². The smallest absolute Gasteiger partial charge is 0.0927 e. The normalized spacial score (nSPS) is 43.0. The predicted molar refractivity (Wildman–Crippen MR) is 41.5 cm³/mol. The molecular weight excluding hydrogens is 162 g/mol. The van der Waals surface area contributed by atoms with Crippen molar-refractivity contribution < 1.29 is 20.4 Å². The Bertz CT molecular complexity index is 141. The zero-order chi connectivity index (χ0) is 9.14. The lowest BCUT2D eigenvalue weighted by Crippen LogP contribution is -2.58. The number of piperidine rings is 1. The van der Waals surface area contributed by atoms with E-state index in [0.717, 1.165) is 0 Å². The minimum Gasteiger partial charge on any atom is -0.396 e. The van der Waals surface area contributed by atoms with Gasteiger partial charge < -0.3 is 25.7 Å². The van der Waals surface area contributed by atoms with Crippen LogP contribution in [0.4, 0.5) is 0 Å². The van der Waals surface area contributed by atoms with Gasteiger partial charge in [0.05, 0.1) is 25.4 Å². The molecule has 0 saturated carbocycles. The van der Waals surface area contributed by atoms with Gasteiger partial charge in [-0.2, -0.15) is 0 Å². The van der Waals surface area contributed by atoms with Crippen LogP contribution in [0.15, 0.2) is 0 Å². The maximum absolute atomic E-state index is 9.38. The number of rotatable bonds is 2. The van der Waals surface area contributed by atoms with E-state index in [2.05, 4.69) is 5.32 Å². The summed E-state index contributed by atoms with van der Waals surface area (Å²) in [5.74, 6) is -0.487. The van der Waals surface area contributed by atoms with Gasteiger partial charge in [-0.25, -0.2) is 0 Å². The monoisotopic (exact) mass is 177 g/mol. The first-order valence-corrected chi connectivity index (χ1v) is 4.02. The Hall–Kier alpha value is -0.200. The molecule has 5 N–H and O–H groups in total. The third-order valence-electron chi connectivity index (χ3n) is 2.35. The van der Waals surface area contributed by atoms with Gasteiger partial charge in [0.1, 0.15) is 0 Å². The Morgan fingerprint density at radius 2 is 1.83 bits per heavy atom. The van der Waals surface area contributed by atoms with Crippen molar-refractivity contribution in [3.05, 3.63) is 0 Å². The molecule has 0 aromatic rings. The van der Waals surface area contributed by atoms with Crippen LogP contribution in [0.25, 0.3) is 0 Å².